The molecule has 1 atom stereocenters. The fraction of sp³-hybridized carbons (Fsp3) is 0.636. The van der Waals surface area contributed by atoms with Crippen molar-refractivity contribution in [2.75, 3.05) is 39.3 Å². The van der Waals surface area contributed by atoms with Crippen LogP contribution in [-0.2, 0) is 14.2 Å². The van der Waals surface area contributed by atoms with Gasteiger partial charge in [-0.05, 0) is 0 Å². The van der Waals surface area contributed by atoms with Gasteiger partial charge in [0.1, 0.15) is 5.60 Å². The van der Waals surface area contributed by atoms with Gasteiger partial charge in [0, 0.05) is 26.7 Å². The maximum Gasteiger partial charge on any atom is 0.351 e. The monoisotopic (exact) mass is 306 g/mol. The Morgan fingerprint density at radius 1 is 1.63 bits per heavy atom. The van der Waals surface area contributed by atoms with Gasteiger partial charge in [-0.3, -0.25) is 0 Å². The molecule has 19 heavy (non-hydrogen) atoms. The summed E-state index contributed by atoms with van der Waals surface area (Å²) in [5.74, 6) is -0.485. The van der Waals surface area contributed by atoms with Crippen molar-refractivity contribution in [2.24, 2.45) is 0 Å². The number of halogens is 1. The Balaban J connectivity index is 2.02. The van der Waals surface area contributed by atoms with Gasteiger partial charge in [0.15, 0.2) is 15.2 Å². The predicted molar refractivity (Wildman–Crippen MR) is 72.1 cm³/mol. The quantitative estimate of drug-likeness (QED) is 0.837. The van der Waals surface area contributed by atoms with Crippen LogP contribution in [0.2, 0.25) is 5.15 Å². The molecule has 1 aromatic heterocycles. The summed E-state index contributed by atoms with van der Waals surface area (Å²) in [7, 11) is 2.96. The number of thiazole rings is 1. The first kappa shape index (κ1) is 14.5. The molecule has 2 heterocycles. The zero-order valence-corrected chi connectivity index (χ0v) is 12.3. The van der Waals surface area contributed by atoms with E-state index in [0.717, 1.165) is 17.8 Å². The van der Waals surface area contributed by atoms with Crippen molar-refractivity contribution in [3.8, 4) is 0 Å². The lowest BCUT2D eigenvalue weighted by atomic mass is 10.0. The van der Waals surface area contributed by atoms with E-state index in [1.165, 1.54) is 7.11 Å². The number of hydrogen-bond acceptors (Lipinski definition) is 7. The second-order valence-electron chi connectivity index (χ2n) is 4.17. The summed E-state index contributed by atoms with van der Waals surface area (Å²) in [5.41, 5.74) is -0.344. The van der Waals surface area contributed by atoms with E-state index in [2.05, 4.69) is 15.0 Å². The fourth-order valence-corrected chi connectivity index (χ4v) is 2.89. The van der Waals surface area contributed by atoms with Crippen LogP contribution in [0.25, 0.3) is 0 Å². The second kappa shape index (κ2) is 6.04. The molecule has 0 spiro atoms. The highest BCUT2D eigenvalue weighted by Crippen LogP contribution is 2.29. The number of nitrogens with one attached hydrogen (secondary N) is 1. The minimum absolute atomic E-state index is 0.147. The molecule has 1 aliphatic rings. The number of anilines is 1. The van der Waals surface area contributed by atoms with Gasteiger partial charge in [-0.15, -0.1) is 0 Å². The van der Waals surface area contributed by atoms with E-state index in [1.807, 2.05) is 0 Å². The minimum Gasteiger partial charge on any atom is -0.465 e. The van der Waals surface area contributed by atoms with Crippen molar-refractivity contribution < 1.29 is 19.0 Å². The SMILES string of the molecule is COC(=O)c1sc(NCC2(OC)CCOC2)nc1Cl. The molecule has 0 radical (unpaired) electrons. The molecule has 1 aliphatic heterocycles. The first-order valence-electron chi connectivity index (χ1n) is 5.71. The lowest BCUT2D eigenvalue weighted by Gasteiger charge is -2.25. The average Bonchev–Trinajstić information content (AvgIpc) is 3.03. The second-order valence-corrected chi connectivity index (χ2v) is 5.53. The van der Waals surface area contributed by atoms with Crippen LogP contribution in [-0.4, -0.2) is 50.5 Å². The number of carbonyl (C=O) groups excluding carboxylic acids is 1. The summed E-state index contributed by atoms with van der Waals surface area (Å²) >= 11 is 7.04. The van der Waals surface area contributed by atoms with Gasteiger partial charge in [0.05, 0.1) is 13.7 Å². The first-order chi connectivity index (χ1) is 9.10. The normalized spacial score (nSPS) is 22.5. The number of hydrogen-bond donors (Lipinski definition) is 1. The third-order valence-electron chi connectivity index (χ3n) is 3.02. The molecule has 6 nitrogen and oxygen atoms in total. The van der Waals surface area contributed by atoms with Crippen LogP contribution < -0.4 is 5.32 Å². The highest BCUT2D eigenvalue weighted by molar-refractivity contribution is 7.18. The number of ether oxygens (including phenoxy) is 3. The summed E-state index contributed by atoms with van der Waals surface area (Å²) in [6, 6.07) is 0. The van der Waals surface area contributed by atoms with Gasteiger partial charge in [-0.2, -0.15) is 0 Å². The predicted octanol–water partition coefficient (Wildman–Crippen LogP) is 1.80. The third kappa shape index (κ3) is 3.17. The first-order valence-corrected chi connectivity index (χ1v) is 6.91. The molecule has 0 bridgehead atoms. The molecule has 0 aromatic carbocycles. The van der Waals surface area contributed by atoms with E-state index in [1.54, 1.807) is 7.11 Å². The maximum atomic E-state index is 11.4. The zero-order chi connectivity index (χ0) is 13.9. The minimum atomic E-state index is -0.485. The van der Waals surface area contributed by atoms with E-state index in [4.69, 9.17) is 21.1 Å². The van der Waals surface area contributed by atoms with Gasteiger partial charge in [-0.25, -0.2) is 9.78 Å². The average molecular weight is 307 g/mol. The summed E-state index contributed by atoms with van der Waals surface area (Å²) in [6.45, 7) is 1.77. The van der Waals surface area contributed by atoms with Gasteiger partial charge < -0.3 is 19.5 Å². The number of nitrogens with zero attached hydrogens (tertiary/aromatic N) is 1. The molecular weight excluding hydrogens is 292 g/mol. The summed E-state index contributed by atoms with van der Waals surface area (Å²) in [5, 5.41) is 3.84. The van der Waals surface area contributed by atoms with Gasteiger partial charge in [-0.1, -0.05) is 22.9 Å². The number of aromatic nitrogens is 1. The molecule has 106 valence electrons. The molecule has 8 heteroatoms. The lowest BCUT2D eigenvalue weighted by molar-refractivity contribution is -0.00620. The van der Waals surface area contributed by atoms with Crippen LogP contribution in [0.3, 0.4) is 0 Å². The number of carbonyl (C=O) groups is 1. The highest BCUT2D eigenvalue weighted by Gasteiger charge is 2.35. The zero-order valence-electron chi connectivity index (χ0n) is 10.7. The number of esters is 1. The molecule has 1 N–H and O–H groups in total. The van der Waals surface area contributed by atoms with E-state index in [9.17, 15) is 4.79 Å². The smallest absolute Gasteiger partial charge is 0.351 e. The molecule has 1 fully saturated rings. The molecule has 1 unspecified atom stereocenters. The van der Waals surface area contributed by atoms with Crippen molar-refractivity contribution in [3.05, 3.63) is 10.0 Å². The molecule has 1 aromatic rings. The lowest BCUT2D eigenvalue weighted by Crippen LogP contribution is -2.39. The van der Waals surface area contributed by atoms with Crippen LogP contribution in [0, 0.1) is 0 Å². The van der Waals surface area contributed by atoms with Crippen LogP contribution >= 0.6 is 22.9 Å². The summed E-state index contributed by atoms with van der Waals surface area (Å²) in [4.78, 5) is 15.8. The standard InChI is InChI=1S/C11H15ClN2O4S/c1-16-9(15)7-8(12)14-10(19-7)13-5-11(17-2)3-4-18-6-11/h3-6H2,1-2H3,(H,13,14). The Bertz CT molecular complexity index is 460. The molecule has 2 rings (SSSR count). The highest BCUT2D eigenvalue weighted by atomic mass is 35.5. The van der Waals surface area contributed by atoms with Crippen molar-refractivity contribution in [2.45, 2.75) is 12.0 Å². The van der Waals surface area contributed by atoms with Crippen LogP contribution in [0.4, 0.5) is 5.13 Å². The number of methoxy groups -OCH3 is 2. The molecular formula is C11H15ClN2O4S. The van der Waals surface area contributed by atoms with Gasteiger partial charge in [0.2, 0.25) is 0 Å². The third-order valence-corrected chi connectivity index (χ3v) is 4.40. The van der Waals surface area contributed by atoms with Crippen LogP contribution in [0.1, 0.15) is 16.1 Å². The fourth-order valence-electron chi connectivity index (χ4n) is 1.79. The molecule has 1 saturated heterocycles. The van der Waals surface area contributed by atoms with Crippen molar-refractivity contribution in [1.29, 1.82) is 0 Å². The Morgan fingerprint density at radius 2 is 2.42 bits per heavy atom. The van der Waals surface area contributed by atoms with E-state index >= 15 is 0 Å². The Kier molecular flexibility index (Phi) is 4.62. The Morgan fingerprint density at radius 3 is 3.00 bits per heavy atom. The van der Waals surface area contributed by atoms with Gasteiger partial charge in [0.25, 0.3) is 0 Å². The summed E-state index contributed by atoms with van der Waals surface area (Å²) in [6.07, 6.45) is 0.819. The van der Waals surface area contributed by atoms with E-state index in [-0.39, 0.29) is 10.8 Å². The van der Waals surface area contributed by atoms with Crippen molar-refractivity contribution >= 4 is 34.0 Å². The van der Waals surface area contributed by atoms with Gasteiger partial charge >= 0.3 is 5.97 Å². The summed E-state index contributed by atoms with van der Waals surface area (Å²) < 4.78 is 15.5. The van der Waals surface area contributed by atoms with Crippen LogP contribution in [0.5, 0.6) is 0 Å². The Labute approximate surface area is 120 Å². The maximum absolute atomic E-state index is 11.4. The van der Waals surface area contributed by atoms with E-state index in [0.29, 0.717) is 29.8 Å². The van der Waals surface area contributed by atoms with Crippen LogP contribution in [0.15, 0.2) is 0 Å². The molecule has 0 aliphatic carbocycles. The van der Waals surface area contributed by atoms with Crippen molar-refractivity contribution in [3.63, 3.8) is 0 Å². The molecule has 0 amide bonds. The Hall–Kier alpha value is -0.890. The van der Waals surface area contributed by atoms with E-state index < -0.39 is 5.97 Å². The largest absolute Gasteiger partial charge is 0.465 e. The molecule has 0 saturated carbocycles. The van der Waals surface area contributed by atoms with Crippen molar-refractivity contribution in [1.82, 2.24) is 4.98 Å². The topological polar surface area (TPSA) is 69.7 Å². The number of rotatable bonds is 5.